The molecule has 0 aliphatic rings. The monoisotopic (exact) mass is 186 g/mol. The van der Waals surface area contributed by atoms with E-state index in [9.17, 15) is 4.39 Å². The summed E-state index contributed by atoms with van der Waals surface area (Å²) in [6, 6.07) is 7.64. The Hall–Kier alpha value is -1.90. The highest BCUT2D eigenvalue weighted by molar-refractivity contribution is 6.07. The maximum atomic E-state index is 13.5. The molecule has 3 rings (SSSR count). The van der Waals surface area contributed by atoms with E-state index in [4.69, 9.17) is 0 Å². The van der Waals surface area contributed by atoms with E-state index < -0.39 is 0 Å². The van der Waals surface area contributed by atoms with Gasteiger partial charge >= 0.3 is 0 Å². The van der Waals surface area contributed by atoms with Crippen LogP contribution < -0.4 is 0 Å². The third-order valence-corrected chi connectivity index (χ3v) is 2.37. The fourth-order valence-electron chi connectivity index (χ4n) is 1.76. The Bertz CT molecular complexity index is 613. The zero-order valence-electron chi connectivity index (χ0n) is 7.29. The summed E-state index contributed by atoms with van der Waals surface area (Å²) in [6.45, 7) is 0. The summed E-state index contributed by atoms with van der Waals surface area (Å²) in [5.41, 5.74) is 1.68. The molecule has 0 spiro atoms. The molecule has 3 aromatic rings. The number of para-hydroxylation sites is 1. The third-order valence-electron chi connectivity index (χ3n) is 2.37. The van der Waals surface area contributed by atoms with Crippen molar-refractivity contribution in [2.24, 2.45) is 0 Å². The molecule has 0 saturated heterocycles. The Labute approximate surface area is 79.4 Å². The Morgan fingerprint density at radius 1 is 1.07 bits per heavy atom. The van der Waals surface area contributed by atoms with E-state index >= 15 is 0 Å². The largest absolute Gasteiger partial charge is 0.353 e. The van der Waals surface area contributed by atoms with E-state index in [0.717, 1.165) is 16.4 Å². The van der Waals surface area contributed by atoms with Crippen LogP contribution >= 0.6 is 0 Å². The number of hydrogen-bond donors (Lipinski definition) is 1. The number of nitrogens with one attached hydrogen (secondary N) is 1. The number of pyridine rings is 1. The number of halogens is 1. The number of fused-ring (bicyclic) bond motifs is 3. The van der Waals surface area contributed by atoms with Crippen molar-refractivity contribution in [3.05, 3.63) is 42.5 Å². The molecule has 1 N–H and O–H groups in total. The minimum atomic E-state index is -0.278. The number of benzene rings is 1. The van der Waals surface area contributed by atoms with Crippen LogP contribution in [0.4, 0.5) is 4.39 Å². The molecule has 0 unspecified atom stereocenters. The highest BCUT2D eigenvalue weighted by atomic mass is 19.1. The third kappa shape index (κ3) is 0.865. The van der Waals surface area contributed by atoms with Gasteiger partial charge in [0, 0.05) is 16.3 Å². The average Bonchev–Trinajstić information content (AvgIpc) is 2.57. The number of nitrogens with zero attached hydrogens (tertiary/aromatic N) is 1. The first-order valence-corrected chi connectivity index (χ1v) is 4.36. The van der Waals surface area contributed by atoms with Crippen molar-refractivity contribution in [3.8, 4) is 0 Å². The van der Waals surface area contributed by atoms with E-state index in [1.165, 1.54) is 6.20 Å². The first-order valence-electron chi connectivity index (χ1n) is 4.36. The van der Waals surface area contributed by atoms with Gasteiger partial charge in [-0.2, -0.15) is 0 Å². The van der Waals surface area contributed by atoms with E-state index in [-0.39, 0.29) is 5.82 Å². The lowest BCUT2D eigenvalue weighted by molar-refractivity contribution is 0.635. The van der Waals surface area contributed by atoms with Gasteiger partial charge < -0.3 is 4.98 Å². The molecule has 68 valence electrons. The normalized spacial score (nSPS) is 11.2. The Morgan fingerprint density at radius 3 is 2.86 bits per heavy atom. The number of aromatic amines is 1. The Balaban J connectivity index is 2.65. The second kappa shape index (κ2) is 2.54. The zero-order chi connectivity index (χ0) is 9.54. The molecule has 0 atom stereocenters. The molecule has 0 radical (unpaired) electrons. The molecule has 2 heterocycles. The Kier molecular flexibility index (Phi) is 1.36. The standard InChI is InChI=1S/C11H7FN2/c12-8-5-13-6-10-11(8)7-3-1-2-4-9(7)14-10/h1-6,14H. The summed E-state index contributed by atoms with van der Waals surface area (Å²) in [6.07, 6.45) is 2.88. The summed E-state index contributed by atoms with van der Waals surface area (Å²) in [7, 11) is 0. The van der Waals surface area contributed by atoms with Crippen molar-refractivity contribution in [3.63, 3.8) is 0 Å². The molecule has 0 saturated carbocycles. The minimum Gasteiger partial charge on any atom is -0.353 e. The van der Waals surface area contributed by atoms with Crippen LogP contribution in [0.3, 0.4) is 0 Å². The van der Waals surface area contributed by atoms with Gasteiger partial charge in [0.25, 0.3) is 0 Å². The quantitative estimate of drug-likeness (QED) is 0.574. The van der Waals surface area contributed by atoms with E-state index in [1.54, 1.807) is 6.20 Å². The topological polar surface area (TPSA) is 28.7 Å². The van der Waals surface area contributed by atoms with Crippen LogP contribution in [0.5, 0.6) is 0 Å². The summed E-state index contributed by atoms with van der Waals surface area (Å²) in [5, 5.41) is 1.53. The predicted molar refractivity (Wildman–Crippen MR) is 53.6 cm³/mol. The van der Waals surface area contributed by atoms with E-state index in [0.29, 0.717) is 5.39 Å². The number of H-pyrrole nitrogens is 1. The maximum Gasteiger partial charge on any atom is 0.151 e. The van der Waals surface area contributed by atoms with Crippen LogP contribution in [-0.4, -0.2) is 9.97 Å². The molecule has 3 heteroatoms. The summed E-state index contributed by atoms with van der Waals surface area (Å²) < 4.78 is 13.5. The van der Waals surface area contributed by atoms with Gasteiger partial charge in [-0.3, -0.25) is 4.98 Å². The maximum absolute atomic E-state index is 13.5. The molecule has 0 amide bonds. The zero-order valence-corrected chi connectivity index (χ0v) is 7.29. The van der Waals surface area contributed by atoms with Gasteiger partial charge in [0.2, 0.25) is 0 Å². The molecule has 14 heavy (non-hydrogen) atoms. The smallest absolute Gasteiger partial charge is 0.151 e. The fraction of sp³-hybridized carbons (Fsp3) is 0. The van der Waals surface area contributed by atoms with Gasteiger partial charge in [0.05, 0.1) is 17.9 Å². The molecule has 0 aliphatic carbocycles. The lowest BCUT2D eigenvalue weighted by atomic mass is 10.2. The molecule has 0 bridgehead atoms. The van der Waals surface area contributed by atoms with Gasteiger partial charge in [0.15, 0.2) is 5.82 Å². The summed E-state index contributed by atoms with van der Waals surface area (Å²) >= 11 is 0. The number of aromatic nitrogens is 2. The van der Waals surface area contributed by atoms with Crippen LogP contribution in [0.25, 0.3) is 21.8 Å². The van der Waals surface area contributed by atoms with Gasteiger partial charge in [-0.15, -0.1) is 0 Å². The van der Waals surface area contributed by atoms with Crippen molar-refractivity contribution in [1.82, 2.24) is 9.97 Å². The molecule has 2 aromatic heterocycles. The van der Waals surface area contributed by atoms with Gasteiger partial charge in [-0.25, -0.2) is 4.39 Å². The first kappa shape index (κ1) is 7.50. The predicted octanol–water partition coefficient (Wildman–Crippen LogP) is 2.86. The molecule has 0 fully saturated rings. The van der Waals surface area contributed by atoms with Crippen molar-refractivity contribution in [2.75, 3.05) is 0 Å². The Morgan fingerprint density at radius 2 is 1.93 bits per heavy atom. The molecule has 0 aliphatic heterocycles. The second-order valence-corrected chi connectivity index (χ2v) is 3.21. The van der Waals surface area contributed by atoms with E-state index in [1.807, 2.05) is 24.3 Å². The van der Waals surface area contributed by atoms with Gasteiger partial charge in [-0.1, -0.05) is 18.2 Å². The van der Waals surface area contributed by atoms with Crippen LogP contribution in [0, 0.1) is 5.82 Å². The van der Waals surface area contributed by atoms with E-state index in [2.05, 4.69) is 9.97 Å². The SMILES string of the molecule is Fc1cncc2[nH]c3ccccc3c12. The van der Waals surface area contributed by atoms with Crippen molar-refractivity contribution in [2.45, 2.75) is 0 Å². The summed E-state index contributed by atoms with van der Waals surface area (Å²) in [4.78, 5) is 6.92. The highest BCUT2D eigenvalue weighted by Crippen LogP contribution is 2.26. The second-order valence-electron chi connectivity index (χ2n) is 3.21. The number of rotatable bonds is 0. The molecular formula is C11H7FN2. The van der Waals surface area contributed by atoms with Crippen molar-refractivity contribution >= 4 is 21.8 Å². The minimum absolute atomic E-state index is 0.278. The van der Waals surface area contributed by atoms with Crippen LogP contribution in [0.2, 0.25) is 0 Å². The molecule has 2 nitrogen and oxygen atoms in total. The summed E-state index contributed by atoms with van der Waals surface area (Å²) in [5.74, 6) is -0.278. The molecular weight excluding hydrogens is 179 g/mol. The van der Waals surface area contributed by atoms with Gasteiger partial charge in [0.1, 0.15) is 0 Å². The van der Waals surface area contributed by atoms with Crippen molar-refractivity contribution < 1.29 is 4.39 Å². The van der Waals surface area contributed by atoms with Gasteiger partial charge in [-0.05, 0) is 6.07 Å². The highest BCUT2D eigenvalue weighted by Gasteiger charge is 2.07. The first-order chi connectivity index (χ1) is 6.86. The fourth-order valence-corrected chi connectivity index (χ4v) is 1.76. The number of hydrogen-bond acceptors (Lipinski definition) is 1. The average molecular weight is 186 g/mol. The van der Waals surface area contributed by atoms with Crippen molar-refractivity contribution in [1.29, 1.82) is 0 Å². The lowest BCUT2D eigenvalue weighted by Gasteiger charge is -1.91. The molecule has 1 aromatic carbocycles. The van der Waals surface area contributed by atoms with Crippen LogP contribution in [0.15, 0.2) is 36.7 Å². The van der Waals surface area contributed by atoms with Crippen LogP contribution in [0.1, 0.15) is 0 Å². The lowest BCUT2D eigenvalue weighted by Crippen LogP contribution is -1.78. The van der Waals surface area contributed by atoms with Crippen LogP contribution in [-0.2, 0) is 0 Å².